The highest BCUT2D eigenvalue weighted by molar-refractivity contribution is 5.86. The van der Waals surface area contributed by atoms with E-state index in [1.54, 1.807) is 6.07 Å². The lowest BCUT2D eigenvalue weighted by Crippen LogP contribution is -1.93. The van der Waals surface area contributed by atoms with Crippen LogP contribution in [0.5, 0.6) is 17.2 Å². The second-order valence-corrected chi connectivity index (χ2v) is 3.61. The summed E-state index contributed by atoms with van der Waals surface area (Å²) in [4.78, 5) is 10.7. The van der Waals surface area contributed by atoms with Crippen molar-refractivity contribution in [2.45, 2.75) is 0 Å². The van der Waals surface area contributed by atoms with E-state index in [4.69, 9.17) is 14.6 Å². The smallest absolute Gasteiger partial charge is 0.374 e. The van der Waals surface area contributed by atoms with Crippen LogP contribution in [0.25, 0.3) is 11.3 Å². The van der Waals surface area contributed by atoms with E-state index in [0.717, 1.165) is 0 Å². The van der Waals surface area contributed by atoms with E-state index in [1.165, 1.54) is 12.1 Å². The molecule has 1 aromatic heterocycles. The normalized spacial score (nSPS) is 12.7. The van der Waals surface area contributed by atoms with Crippen molar-refractivity contribution in [3.63, 3.8) is 0 Å². The molecule has 0 spiro atoms. The average molecular weight is 249 g/mol. The average Bonchev–Trinajstić information content (AvgIpc) is 2.97. The third kappa shape index (κ3) is 1.53. The molecule has 2 N–H and O–H groups in total. The van der Waals surface area contributed by atoms with Gasteiger partial charge in [-0.05, 0) is 12.1 Å². The Morgan fingerprint density at radius 1 is 1.28 bits per heavy atom. The van der Waals surface area contributed by atoms with Crippen molar-refractivity contribution in [3.8, 4) is 28.5 Å². The number of nitrogens with zero attached hydrogens (tertiary/aromatic N) is 1. The lowest BCUT2D eigenvalue weighted by molar-refractivity contribution is 0.0652. The number of ether oxygens (including phenoxy) is 2. The molecule has 0 atom stereocenters. The minimum Gasteiger partial charge on any atom is -0.504 e. The molecule has 7 nitrogen and oxygen atoms in total. The Morgan fingerprint density at radius 2 is 2.11 bits per heavy atom. The van der Waals surface area contributed by atoms with Crippen LogP contribution in [0.2, 0.25) is 0 Å². The molecule has 0 radical (unpaired) electrons. The standard InChI is InChI=1S/C11H7NO6/c13-7-1-5(2-8-10(7)17-4-16-8)6-3-9(11(14)15)18-12-6/h1-3,13H,4H2,(H,14,15). The molecule has 2 aromatic rings. The maximum atomic E-state index is 10.7. The molecule has 0 bridgehead atoms. The van der Waals surface area contributed by atoms with Gasteiger partial charge in [0, 0.05) is 11.6 Å². The lowest BCUT2D eigenvalue weighted by Gasteiger charge is -2.01. The Morgan fingerprint density at radius 3 is 2.83 bits per heavy atom. The molecule has 0 amide bonds. The van der Waals surface area contributed by atoms with Crippen LogP contribution in [0.4, 0.5) is 0 Å². The largest absolute Gasteiger partial charge is 0.504 e. The Bertz CT molecular complexity index is 632. The maximum Gasteiger partial charge on any atom is 0.374 e. The first-order chi connectivity index (χ1) is 8.65. The molecule has 0 saturated carbocycles. The van der Waals surface area contributed by atoms with Crippen LogP contribution in [-0.4, -0.2) is 28.1 Å². The summed E-state index contributed by atoms with van der Waals surface area (Å²) in [6.45, 7) is 0.0333. The third-order valence-corrected chi connectivity index (χ3v) is 2.47. The van der Waals surface area contributed by atoms with Crippen LogP contribution in [0.3, 0.4) is 0 Å². The predicted octanol–water partition coefficient (Wildman–Crippen LogP) is 1.47. The van der Waals surface area contributed by atoms with E-state index in [0.29, 0.717) is 17.0 Å². The van der Waals surface area contributed by atoms with Gasteiger partial charge in [-0.25, -0.2) is 4.79 Å². The molecule has 0 aliphatic carbocycles. The molecule has 0 fully saturated rings. The molecule has 1 aliphatic heterocycles. The van der Waals surface area contributed by atoms with Crippen LogP contribution in [-0.2, 0) is 0 Å². The Hall–Kier alpha value is -2.70. The van der Waals surface area contributed by atoms with Gasteiger partial charge in [0.2, 0.25) is 18.3 Å². The predicted molar refractivity (Wildman–Crippen MR) is 56.7 cm³/mol. The van der Waals surface area contributed by atoms with E-state index in [9.17, 15) is 9.90 Å². The van der Waals surface area contributed by atoms with E-state index in [-0.39, 0.29) is 24.1 Å². The molecular formula is C11H7NO6. The number of hydrogen-bond donors (Lipinski definition) is 2. The molecule has 2 heterocycles. The Labute approximate surface area is 100 Å². The highest BCUT2D eigenvalue weighted by Gasteiger charge is 2.21. The van der Waals surface area contributed by atoms with Gasteiger partial charge in [-0.2, -0.15) is 0 Å². The summed E-state index contributed by atoms with van der Waals surface area (Å²) in [5, 5.41) is 22.0. The summed E-state index contributed by atoms with van der Waals surface area (Å²) < 4.78 is 14.8. The van der Waals surface area contributed by atoms with Crippen molar-refractivity contribution < 1.29 is 29.0 Å². The number of fused-ring (bicyclic) bond motifs is 1. The van der Waals surface area contributed by atoms with Gasteiger partial charge in [0.25, 0.3) is 0 Å². The summed E-state index contributed by atoms with van der Waals surface area (Å²) in [7, 11) is 0. The molecule has 18 heavy (non-hydrogen) atoms. The van der Waals surface area contributed by atoms with Gasteiger partial charge in [0.15, 0.2) is 11.5 Å². The number of carboxylic acid groups (broad SMARTS) is 1. The fraction of sp³-hybridized carbons (Fsp3) is 0.0909. The van der Waals surface area contributed by atoms with E-state index >= 15 is 0 Å². The van der Waals surface area contributed by atoms with Gasteiger partial charge >= 0.3 is 5.97 Å². The minimum atomic E-state index is -1.21. The van der Waals surface area contributed by atoms with Crippen molar-refractivity contribution in [2.75, 3.05) is 6.79 Å². The molecule has 92 valence electrons. The van der Waals surface area contributed by atoms with Crippen LogP contribution < -0.4 is 9.47 Å². The first-order valence-corrected chi connectivity index (χ1v) is 4.98. The van der Waals surface area contributed by atoms with Crippen molar-refractivity contribution in [1.29, 1.82) is 0 Å². The van der Waals surface area contributed by atoms with Crippen molar-refractivity contribution in [3.05, 3.63) is 24.0 Å². The molecule has 0 unspecified atom stereocenters. The molecule has 1 aliphatic rings. The topological polar surface area (TPSA) is 102 Å². The fourth-order valence-electron chi connectivity index (χ4n) is 1.65. The Kier molecular flexibility index (Phi) is 2.12. The zero-order chi connectivity index (χ0) is 12.7. The van der Waals surface area contributed by atoms with Gasteiger partial charge in [0.05, 0.1) is 0 Å². The molecule has 0 saturated heterocycles. The monoisotopic (exact) mass is 249 g/mol. The summed E-state index contributed by atoms with van der Waals surface area (Å²) in [6, 6.07) is 4.25. The number of phenols is 1. The number of aromatic hydroxyl groups is 1. The van der Waals surface area contributed by atoms with Gasteiger partial charge < -0.3 is 24.2 Å². The van der Waals surface area contributed by atoms with Gasteiger partial charge in [-0.15, -0.1) is 0 Å². The minimum absolute atomic E-state index is 0.0333. The number of phenolic OH excluding ortho intramolecular Hbond substituents is 1. The van der Waals surface area contributed by atoms with Crippen molar-refractivity contribution in [2.24, 2.45) is 0 Å². The number of carbonyl (C=O) groups is 1. The number of rotatable bonds is 2. The summed E-state index contributed by atoms with van der Waals surface area (Å²) in [5.41, 5.74) is 0.772. The molecule has 1 aromatic carbocycles. The number of hydrogen-bond acceptors (Lipinski definition) is 6. The number of aromatic nitrogens is 1. The zero-order valence-corrected chi connectivity index (χ0v) is 8.91. The van der Waals surface area contributed by atoms with Gasteiger partial charge in [-0.3, -0.25) is 0 Å². The first kappa shape index (κ1) is 10.5. The van der Waals surface area contributed by atoms with Crippen LogP contribution in [0.15, 0.2) is 22.7 Å². The summed E-state index contributed by atoms with van der Waals surface area (Å²) in [6.07, 6.45) is 0. The summed E-state index contributed by atoms with van der Waals surface area (Å²) in [5.74, 6) is -0.939. The first-order valence-electron chi connectivity index (χ1n) is 4.98. The summed E-state index contributed by atoms with van der Waals surface area (Å²) >= 11 is 0. The van der Waals surface area contributed by atoms with Crippen LogP contribution >= 0.6 is 0 Å². The third-order valence-electron chi connectivity index (χ3n) is 2.47. The van der Waals surface area contributed by atoms with Crippen molar-refractivity contribution in [1.82, 2.24) is 5.16 Å². The number of benzene rings is 1. The molecule has 7 heteroatoms. The van der Waals surface area contributed by atoms with Gasteiger partial charge in [-0.1, -0.05) is 5.16 Å². The van der Waals surface area contributed by atoms with Gasteiger partial charge in [0.1, 0.15) is 5.69 Å². The quantitative estimate of drug-likeness (QED) is 0.830. The second-order valence-electron chi connectivity index (χ2n) is 3.61. The van der Waals surface area contributed by atoms with Crippen LogP contribution in [0.1, 0.15) is 10.6 Å². The number of aromatic carboxylic acids is 1. The zero-order valence-electron chi connectivity index (χ0n) is 8.91. The second kappa shape index (κ2) is 3.66. The highest BCUT2D eigenvalue weighted by Crippen LogP contribution is 2.43. The number of carboxylic acids is 1. The SMILES string of the molecule is O=C(O)c1cc(-c2cc(O)c3c(c2)OCO3)no1. The molecule has 3 rings (SSSR count). The fourth-order valence-corrected chi connectivity index (χ4v) is 1.65. The Balaban J connectivity index is 2.06. The van der Waals surface area contributed by atoms with E-state index in [2.05, 4.69) is 9.68 Å². The molecular weight excluding hydrogens is 242 g/mol. The highest BCUT2D eigenvalue weighted by atomic mass is 16.7. The lowest BCUT2D eigenvalue weighted by atomic mass is 10.1. The van der Waals surface area contributed by atoms with E-state index < -0.39 is 5.97 Å². The maximum absolute atomic E-state index is 10.7. The van der Waals surface area contributed by atoms with Crippen molar-refractivity contribution >= 4 is 5.97 Å². The van der Waals surface area contributed by atoms with Crippen LogP contribution in [0, 0.1) is 0 Å². The van der Waals surface area contributed by atoms with E-state index in [1.807, 2.05) is 0 Å².